The highest BCUT2D eigenvalue weighted by Gasteiger charge is 2.33. The molecule has 0 spiro atoms. The van der Waals surface area contributed by atoms with Crippen LogP contribution < -0.4 is 5.73 Å². The molecule has 0 aromatic rings. The van der Waals surface area contributed by atoms with Crippen LogP contribution in [0.25, 0.3) is 0 Å². The Morgan fingerprint density at radius 1 is 0.905 bits per heavy atom. The van der Waals surface area contributed by atoms with E-state index in [-0.39, 0.29) is 5.54 Å². The molecule has 0 bridgehead atoms. The van der Waals surface area contributed by atoms with Crippen LogP contribution in [0.15, 0.2) is 0 Å². The van der Waals surface area contributed by atoms with Gasteiger partial charge in [-0.05, 0) is 19.9 Å². The van der Waals surface area contributed by atoms with E-state index in [1.54, 1.807) is 7.11 Å². The molecule has 1 aliphatic rings. The van der Waals surface area contributed by atoms with Gasteiger partial charge in [-0.3, -0.25) is 4.90 Å². The van der Waals surface area contributed by atoms with Gasteiger partial charge in [0.2, 0.25) is 0 Å². The van der Waals surface area contributed by atoms with Crippen LogP contribution in [0, 0.1) is 0 Å². The molecule has 0 aliphatic heterocycles. The molecule has 5 nitrogen and oxygen atoms in total. The first-order valence-corrected chi connectivity index (χ1v) is 8.31. The van der Waals surface area contributed by atoms with E-state index in [9.17, 15) is 0 Å². The van der Waals surface area contributed by atoms with E-state index in [2.05, 4.69) is 11.9 Å². The molecule has 1 aliphatic carbocycles. The fourth-order valence-electron chi connectivity index (χ4n) is 3.03. The van der Waals surface area contributed by atoms with Crippen molar-refractivity contribution in [2.75, 3.05) is 60.3 Å². The molecule has 0 unspecified atom stereocenters. The monoisotopic (exact) mass is 302 g/mol. The quantitative estimate of drug-likeness (QED) is 0.464. The van der Waals surface area contributed by atoms with E-state index in [0.29, 0.717) is 26.4 Å². The maximum Gasteiger partial charge on any atom is 0.0701 e. The Hall–Kier alpha value is -0.200. The zero-order valence-corrected chi connectivity index (χ0v) is 13.9. The lowest BCUT2D eigenvalue weighted by Gasteiger charge is -2.41. The number of nitrogens with two attached hydrogens (primary N) is 1. The minimum absolute atomic E-state index is 0.189. The van der Waals surface area contributed by atoms with Gasteiger partial charge in [0, 0.05) is 25.7 Å². The molecule has 0 saturated heterocycles. The third kappa shape index (κ3) is 7.06. The van der Waals surface area contributed by atoms with Gasteiger partial charge < -0.3 is 19.9 Å². The Morgan fingerprint density at radius 3 is 2.05 bits per heavy atom. The number of likely N-dealkylation sites (N-methyl/N-ethyl adjacent to an activating group) is 1. The van der Waals surface area contributed by atoms with E-state index in [0.717, 1.165) is 19.7 Å². The summed E-state index contributed by atoms with van der Waals surface area (Å²) in [6.45, 7) is 4.99. The van der Waals surface area contributed by atoms with Gasteiger partial charge in [0.15, 0.2) is 0 Å². The van der Waals surface area contributed by atoms with E-state index in [4.69, 9.17) is 19.9 Å². The van der Waals surface area contributed by atoms with Crippen LogP contribution in [0.1, 0.15) is 38.5 Å². The maximum absolute atomic E-state index is 6.09. The Kier molecular flexibility index (Phi) is 10.2. The molecule has 126 valence electrons. The Balaban J connectivity index is 2.14. The third-order valence-corrected chi connectivity index (χ3v) is 4.60. The van der Waals surface area contributed by atoms with Gasteiger partial charge in [0.1, 0.15) is 0 Å². The van der Waals surface area contributed by atoms with Gasteiger partial charge in [0.05, 0.1) is 33.0 Å². The summed E-state index contributed by atoms with van der Waals surface area (Å²) in [5.74, 6) is 0. The first-order chi connectivity index (χ1) is 10.2. The molecule has 1 fully saturated rings. The van der Waals surface area contributed by atoms with E-state index in [1.165, 1.54) is 38.5 Å². The minimum Gasteiger partial charge on any atom is -0.382 e. The molecule has 0 amide bonds. The highest BCUT2D eigenvalue weighted by atomic mass is 16.5. The lowest BCUT2D eigenvalue weighted by Crippen LogP contribution is -2.52. The molecule has 0 aromatic heterocycles. The molecule has 21 heavy (non-hydrogen) atoms. The molecule has 0 heterocycles. The van der Waals surface area contributed by atoms with E-state index < -0.39 is 0 Å². The number of methoxy groups -OCH3 is 1. The highest BCUT2D eigenvalue weighted by molar-refractivity contribution is 4.91. The summed E-state index contributed by atoms with van der Waals surface area (Å²) in [5, 5.41) is 0. The Morgan fingerprint density at radius 2 is 1.48 bits per heavy atom. The second-order valence-electron chi connectivity index (χ2n) is 5.98. The number of nitrogens with zero attached hydrogens (tertiary/aromatic N) is 1. The average Bonchev–Trinajstić information content (AvgIpc) is 2.76. The third-order valence-electron chi connectivity index (χ3n) is 4.60. The summed E-state index contributed by atoms with van der Waals surface area (Å²) in [4.78, 5) is 2.42. The summed E-state index contributed by atoms with van der Waals surface area (Å²) < 4.78 is 15.9. The molecule has 0 radical (unpaired) electrons. The number of hydrogen-bond acceptors (Lipinski definition) is 5. The van der Waals surface area contributed by atoms with Gasteiger partial charge in [-0.15, -0.1) is 0 Å². The van der Waals surface area contributed by atoms with Gasteiger partial charge in [-0.1, -0.05) is 25.7 Å². The Labute approximate surface area is 130 Å². The van der Waals surface area contributed by atoms with Crippen LogP contribution in [0.4, 0.5) is 0 Å². The molecule has 2 N–H and O–H groups in total. The summed E-state index contributed by atoms with van der Waals surface area (Å²) in [5.41, 5.74) is 6.28. The predicted octanol–water partition coefficient (Wildman–Crippen LogP) is 1.65. The van der Waals surface area contributed by atoms with Crippen molar-refractivity contribution in [1.82, 2.24) is 4.90 Å². The fourth-order valence-corrected chi connectivity index (χ4v) is 3.03. The van der Waals surface area contributed by atoms with Gasteiger partial charge in [-0.2, -0.15) is 0 Å². The van der Waals surface area contributed by atoms with Crippen LogP contribution in [-0.2, 0) is 14.2 Å². The molecule has 5 heteroatoms. The van der Waals surface area contributed by atoms with Crippen LogP contribution in [-0.4, -0.2) is 70.7 Å². The highest BCUT2D eigenvalue weighted by Crippen LogP contribution is 2.30. The fraction of sp³-hybridized carbons (Fsp3) is 1.00. The number of ether oxygens (including phenoxy) is 3. The number of rotatable bonds is 11. The molecular formula is C16H34N2O3. The first-order valence-electron chi connectivity index (χ1n) is 8.31. The van der Waals surface area contributed by atoms with E-state index >= 15 is 0 Å². The summed E-state index contributed by atoms with van der Waals surface area (Å²) >= 11 is 0. The van der Waals surface area contributed by atoms with Crippen molar-refractivity contribution in [2.24, 2.45) is 5.73 Å². The van der Waals surface area contributed by atoms with Gasteiger partial charge in [-0.25, -0.2) is 0 Å². The largest absolute Gasteiger partial charge is 0.382 e. The second-order valence-corrected chi connectivity index (χ2v) is 5.98. The van der Waals surface area contributed by atoms with Crippen LogP contribution in [0.5, 0.6) is 0 Å². The normalized spacial score (nSPS) is 18.9. The van der Waals surface area contributed by atoms with Crippen molar-refractivity contribution < 1.29 is 14.2 Å². The van der Waals surface area contributed by atoms with Crippen LogP contribution in [0.2, 0.25) is 0 Å². The maximum atomic E-state index is 6.09. The molecule has 1 rings (SSSR count). The van der Waals surface area contributed by atoms with Crippen LogP contribution >= 0.6 is 0 Å². The second kappa shape index (κ2) is 11.4. The minimum atomic E-state index is 0.189. The Bertz CT molecular complexity index is 244. The van der Waals surface area contributed by atoms with Crippen molar-refractivity contribution in [1.29, 1.82) is 0 Å². The van der Waals surface area contributed by atoms with Crippen molar-refractivity contribution >= 4 is 0 Å². The topological polar surface area (TPSA) is 57.0 Å². The zero-order valence-electron chi connectivity index (χ0n) is 13.9. The van der Waals surface area contributed by atoms with Gasteiger partial charge in [0.25, 0.3) is 0 Å². The van der Waals surface area contributed by atoms with Crippen molar-refractivity contribution in [3.05, 3.63) is 0 Å². The molecular weight excluding hydrogens is 268 g/mol. The molecule has 0 aromatic carbocycles. The zero-order chi connectivity index (χ0) is 15.4. The lowest BCUT2D eigenvalue weighted by atomic mass is 9.88. The molecule has 0 atom stereocenters. The van der Waals surface area contributed by atoms with Crippen LogP contribution in [0.3, 0.4) is 0 Å². The standard InChI is InChI=1S/C16H34N2O3/c1-18(9-10-20-13-14-21-12-11-19-2)16(15-17)7-5-3-4-6-8-16/h3-15,17H2,1-2H3. The SMILES string of the molecule is COCCOCCOCCN(C)C1(CN)CCCCCC1. The van der Waals surface area contributed by atoms with Crippen molar-refractivity contribution in [3.63, 3.8) is 0 Å². The smallest absolute Gasteiger partial charge is 0.0701 e. The first kappa shape index (κ1) is 18.8. The van der Waals surface area contributed by atoms with Gasteiger partial charge >= 0.3 is 0 Å². The average molecular weight is 302 g/mol. The predicted molar refractivity (Wildman–Crippen MR) is 85.6 cm³/mol. The summed E-state index contributed by atoms with van der Waals surface area (Å²) in [6, 6.07) is 0. The summed E-state index contributed by atoms with van der Waals surface area (Å²) in [6.07, 6.45) is 7.75. The van der Waals surface area contributed by atoms with Crippen molar-refractivity contribution in [2.45, 2.75) is 44.1 Å². The number of hydrogen-bond donors (Lipinski definition) is 1. The van der Waals surface area contributed by atoms with Crippen molar-refractivity contribution in [3.8, 4) is 0 Å². The molecule has 1 saturated carbocycles. The lowest BCUT2D eigenvalue weighted by molar-refractivity contribution is 0.00994. The summed E-state index contributed by atoms with van der Waals surface area (Å²) in [7, 11) is 3.87. The van der Waals surface area contributed by atoms with E-state index in [1.807, 2.05) is 0 Å².